The minimum atomic E-state index is -1.10. The number of nitrogens with one attached hydrogen (secondary N) is 1. The molecule has 1 amide bonds. The molecule has 1 aromatic heterocycles. The molecular formula is C18H20N2O4S. The summed E-state index contributed by atoms with van der Waals surface area (Å²) in [5, 5.41) is 12.9. The maximum absolute atomic E-state index is 12.5. The van der Waals surface area contributed by atoms with E-state index in [4.69, 9.17) is 4.74 Å². The van der Waals surface area contributed by atoms with Crippen LogP contribution in [0, 0.1) is 13.8 Å². The monoisotopic (exact) mass is 360 g/mol. The maximum atomic E-state index is 12.5. The van der Waals surface area contributed by atoms with Gasteiger partial charge >= 0.3 is 5.97 Å². The highest BCUT2D eigenvalue weighted by atomic mass is 32.1. The number of thiazole rings is 1. The van der Waals surface area contributed by atoms with Crippen molar-refractivity contribution in [3.05, 3.63) is 51.0 Å². The maximum Gasteiger partial charge on any atom is 0.330 e. The van der Waals surface area contributed by atoms with E-state index < -0.39 is 17.9 Å². The molecule has 132 valence electrons. The van der Waals surface area contributed by atoms with E-state index in [-0.39, 0.29) is 6.10 Å². The van der Waals surface area contributed by atoms with Crippen molar-refractivity contribution in [3.63, 3.8) is 0 Å². The van der Waals surface area contributed by atoms with Gasteiger partial charge in [-0.25, -0.2) is 9.78 Å². The third-order valence-corrected chi connectivity index (χ3v) is 5.52. The number of hydrogen-bond donors (Lipinski definition) is 2. The van der Waals surface area contributed by atoms with Gasteiger partial charge in [0.25, 0.3) is 5.91 Å². The topological polar surface area (TPSA) is 88.5 Å². The Bertz CT molecular complexity index is 796. The molecule has 0 spiro atoms. The Labute approximate surface area is 149 Å². The van der Waals surface area contributed by atoms with Gasteiger partial charge in [-0.1, -0.05) is 18.2 Å². The molecule has 25 heavy (non-hydrogen) atoms. The van der Waals surface area contributed by atoms with Crippen LogP contribution < -0.4 is 5.32 Å². The molecule has 2 heterocycles. The van der Waals surface area contributed by atoms with Crippen LogP contribution >= 0.6 is 11.3 Å². The zero-order valence-electron chi connectivity index (χ0n) is 14.1. The number of benzene rings is 1. The quantitative estimate of drug-likeness (QED) is 0.855. The number of carbonyl (C=O) groups is 2. The third-order valence-electron chi connectivity index (χ3n) is 4.43. The number of ether oxygens (including phenoxy) is 1. The molecular weight excluding hydrogens is 340 g/mol. The van der Waals surface area contributed by atoms with Crippen molar-refractivity contribution < 1.29 is 19.4 Å². The van der Waals surface area contributed by atoms with Crippen molar-refractivity contribution in [1.29, 1.82) is 0 Å². The van der Waals surface area contributed by atoms with E-state index in [0.717, 1.165) is 29.0 Å². The molecule has 3 rings (SSSR count). The first kappa shape index (κ1) is 17.6. The Balaban J connectivity index is 1.79. The third kappa shape index (κ3) is 3.72. The van der Waals surface area contributed by atoms with Crippen molar-refractivity contribution in [1.82, 2.24) is 10.3 Å². The highest BCUT2D eigenvalue weighted by Crippen LogP contribution is 2.31. The minimum Gasteiger partial charge on any atom is -0.479 e. The number of carbonyl (C=O) groups excluding carboxylic acids is 1. The summed E-state index contributed by atoms with van der Waals surface area (Å²) in [5.74, 6) is -1.53. The van der Waals surface area contributed by atoms with Crippen LogP contribution in [-0.2, 0) is 9.53 Å². The lowest BCUT2D eigenvalue weighted by Crippen LogP contribution is -2.33. The molecule has 2 atom stereocenters. The number of hydrogen-bond acceptors (Lipinski definition) is 5. The Morgan fingerprint density at radius 3 is 2.88 bits per heavy atom. The van der Waals surface area contributed by atoms with E-state index in [9.17, 15) is 14.7 Å². The van der Waals surface area contributed by atoms with E-state index >= 15 is 0 Å². The summed E-state index contributed by atoms with van der Waals surface area (Å²) in [6.45, 7) is 4.48. The highest BCUT2D eigenvalue weighted by Gasteiger charge is 2.27. The second-order valence-electron chi connectivity index (χ2n) is 6.10. The van der Waals surface area contributed by atoms with Gasteiger partial charge in [0.15, 0.2) is 6.04 Å². The Morgan fingerprint density at radius 1 is 1.40 bits per heavy atom. The lowest BCUT2D eigenvalue weighted by Gasteiger charge is -2.17. The van der Waals surface area contributed by atoms with Crippen LogP contribution in [0.3, 0.4) is 0 Å². The molecule has 1 fully saturated rings. The Hall–Kier alpha value is -2.25. The number of carboxylic acids is 1. The van der Waals surface area contributed by atoms with Crippen LogP contribution in [0.25, 0.3) is 0 Å². The van der Waals surface area contributed by atoms with Gasteiger partial charge in [-0.05, 0) is 43.4 Å². The lowest BCUT2D eigenvalue weighted by molar-refractivity contribution is -0.139. The highest BCUT2D eigenvalue weighted by molar-refractivity contribution is 7.13. The summed E-state index contributed by atoms with van der Waals surface area (Å²) in [7, 11) is 0. The van der Waals surface area contributed by atoms with Crippen molar-refractivity contribution in [2.45, 2.75) is 38.8 Å². The second kappa shape index (κ2) is 7.33. The van der Waals surface area contributed by atoms with Crippen molar-refractivity contribution in [2.75, 3.05) is 6.61 Å². The molecule has 0 aliphatic carbocycles. The average molecular weight is 360 g/mol. The summed E-state index contributed by atoms with van der Waals surface area (Å²) in [6.07, 6.45) is 3.31. The smallest absolute Gasteiger partial charge is 0.330 e. The van der Waals surface area contributed by atoms with Crippen LogP contribution in [0.5, 0.6) is 0 Å². The SMILES string of the molecule is Cc1cccc(C(NC(=O)c2cnc(C3CCCO3)s2)C(=O)O)c1C. The zero-order valence-corrected chi connectivity index (χ0v) is 14.9. The van der Waals surface area contributed by atoms with Gasteiger partial charge in [-0.3, -0.25) is 4.79 Å². The Morgan fingerprint density at radius 2 is 2.20 bits per heavy atom. The van der Waals surface area contributed by atoms with Gasteiger partial charge in [-0.15, -0.1) is 11.3 Å². The van der Waals surface area contributed by atoms with E-state index in [0.29, 0.717) is 17.0 Å². The van der Waals surface area contributed by atoms with Crippen LogP contribution in [0.15, 0.2) is 24.4 Å². The van der Waals surface area contributed by atoms with Crippen LogP contribution in [0.1, 0.15) is 56.4 Å². The first-order chi connectivity index (χ1) is 12.0. The minimum absolute atomic E-state index is 0.0548. The molecule has 1 aliphatic heterocycles. The molecule has 0 bridgehead atoms. The molecule has 2 unspecified atom stereocenters. The fourth-order valence-electron chi connectivity index (χ4n) is 2.88. The summed E-state index contributed by atoms with van der Waals surface area (Å²) >= 11 is 1.25. The molecule has 6 nitrogen and oxygen atoms in total. The Kier molecular flexibility index (Phi) is 5.15. The fourth-order valence-corrected chi connectivity index (χ4v) is 3.78. The predicted octanol–water partition coefficient (Wildman–Crippen LogP) is 3.17. The molecule has 1 aliphatic rings. The number of carboxylic acid groups (broad SMARTS) is 1. The van der Waals surface area contributed by atoms with Gasteiger partial charge < -0.3 is 15.2 Å². The van der Waals surface area contributed by atoms with Crippen LogP contribution in [0.2, 0.25) is 0 Å². The molecule has 2 aromatic rings. The van der Waals surface area contributed by atoms with E-state index in [2.05, 4.69) is 10.3 Å². The van der Waals surface area contributed by atoms with Crippen molar-refractivity contribution in [2.24, 2.45) is 0 Å². The lowest BCUT2D eigenvalue weighted by atomic mass is 9.97. The molecule has 7 heteroatoms. The molecule has 1 saturated heterocycles. The van der Waals surface area contributed by atoms with Gasteiger partial charge in [0.2, 0.25) is 0 Å². The van der Waals surface area contributed by atoms with E-state index in [1.807, 2.05) is 19.9 Å². The molecule has 0 saturated carbocycles. The van der Waals surface area contributed by atoms with Gasteiger partial charge in [0, 0.05) is 6.61 Å². The predicted molar refractivity (Wildman–Crippen MR) is 93.8 cm³/mol. The summed E-state index contributed by atoms with van der Waals surface area (Å²) in [6, 6.07) is 4.34. The van der Waals surface area contributed by atoms with Crippen LogP contribution in [-0.4, -0.2) is 28.6 Å². The summed E-state index contributed by atoms with van der Waals surface area (Å²) in [5.41, 5.74) is 2.43. The first-order valence-corrected chi connectivity index (χ1v) is 8.96. The first-order valence-electron chi connectivity index (χ1n) is 8.14. The number of aromatic nitrogens is 1. The number of rotatable bonds is 5. The van der Waals surface area contributed by atoms with Crippen molar-refractivity contribution >= 4 is 23.2 Å². The van der Waals surface area contributed by atoms with Crippen LogP contribution in [0.4, 0.5) is 0 Å². The zero-order chi connectivity index (χ0) is 18.0. The van der Waals surface area contributed by atoms with E-state index in [1.165, 1.54) is 17.5 Å². The average Bonchev–Trinajstić information content (AvgIpc) is 3.26. The fraction of sp³-hybridized carbons (Fsp3) is 0.389. The summed E-state index contributed by atoms with van der Waals surface area (Å²) < 4.78 is 5.57. The standard InChI is InChI=1S/C18H20N2O4S/c1-10-5-3-6-12(11(10)2)15(18(22)23)20-16(21)14-9-19-17(25-14)13-7-4-8-24-13/h3,5-6,9,13,15H,4,7-8H2,1-2H3,(H,20,21)(H,22,23). The van der Waals surface area contributed by atoms with Gasteiger partial charge in [0.05, 0.1) is 6.20 Å². The number of nitrogens with zero attached hydrogens (tertiary/aromatic N) is 1. The molecule has 1 aromatic carbocycles. The number of aryl methyl sites for hydroxylation is 1. The van der Waals surface area contributed by atoms with Gasteiger partial charge in [-0.2, -0.15) is 0 Å². The van der Waals surface area contributed by atoms with E-state index in [1.54, 1.807) is 12.1 Å². The summed E-state index contributed by atoms with van der Waals surface area (Å²) in [4.78, 5) is 28.9. The van der Waals surface area contributed by atoms with Crippen molar-refractivity contribution in [3.8, 4) is 0 Å². The normalized spacial score (nSPS) is 18.1. The molecule has 2 N–H and O–H groups in total. The number of amides is 1. The molecule has 0 radical (unpaired) electrons. The second-order valence-corrected chi connectivity index (χ2v) is 7.16. The van der Waals surface area contributed by atoms with Gasteiger partial charge in [0.1, 0.15) is 16.0 Å². The number of aliphatic carboxylic acids is 1. The largest absolute Gasteiger partial charge is 0.479 e.